The van der Waals surface area contributed by atoms with Crippen molar-refractivity contribution in [1.29, 1.82) is 0 Å². The molecule has 38 heavy (non-hydrogen) atoms. The number of nitrogens with zero attached hydrogens (tertiary/aromatic N) is 2. The Balaban J connectivity index is 1.41. The molecular formula is C28H28N4O5S. The zero-order chi connectivity index (χ0) is 26.8. The minimum atomic E-state index is -0.985. The zero-order valence-electron chi connectivity index (χ0n) is 21.1. The first kappa shape index (κ1) is 25.5. The minimum absolute atomic E-state index is 0.202. The van der Waals surface area contributed by atoms with E-state index in [1.807, 2.05) is 30.5 Å². The van der Waals surface area contributed by atoms with Crippen molar-refractivity contribution in [1.82, 2.24) is 15.0 Å². The Hall–Kier alpha value is -4.18. The third-order valence-corrected chi connectivity index (χ3v) is 8.01. The number of benzene rings is 2. The second-order valence-corrected chi connectivity index (χ2v) is 10.3. The maximum Gasteiger partial charge on any atom is 0.350 e. The van der Waals surface area contributed by atoms with Gasteiger partial charge in [-0.2, -0.15) is 0 Å². The van der Waals surface area contributed by atoms with Crippen molar-refractivity contribution in [3.63, 3.8) is 0 Å². The van der Waals surface area contributed by atoms with Gasteiger partial charge in [0.1, 0.15) is 10.7 Å². The van der Waals surface area contributed by atoms with Gasteiger partial charge in [0, 0.05) is 17.2 Å². The molecule has 5 rings (SSSR count). The Bertz CT molecular complexity index is 1520. The monoisotopic (exact) mass is 532 g/mol. The van der Waals surface area contributed by atoms with E-state index in [4.69, 9.17) is 9.72 Å². The molecule has 0 unspecified atom stereocenters. The number of carbonyl (C=O) groups is 3. The van der Waals surface area contributed by atoms with Crippen LogP contribution in [0.1, 0.15) is 74.1 Å². The van der Waals surface area contributed by atoms with Crippen LogP contribution in [0.2, 0.25) is 0 Å². The van der Waals surface area contributed by atoms with Crippen LogP contribution in [-0.2, 0) is 4.74 Å². The number of thiophene rings is 1. The number of anilines is 1. The molecule has 2 heterocycles. The maximum atomic E-state index is 12.8. The van der Waals surface area contributed by atoms with Gasteiger partial charge in [-0.25, -0.2) is 14.6 Å². The summed E-state index contributed by atoms with van der Waals surface area (Å²) in [5, 5.41) is 11.3. The number of rotatable bonds is 7. The van der Waals surface area contributed by atoms with Gasteiger partial charge in [-0.3, -0.25) is 15.6 Å². The van der Waals surface area contributed by atoms with E-state index in [2.05, 4.69) is 15.4 Å². The molecule has 4 aromatic rings. The molecule has 1 fully saturated rings. The fourth-order valence-corrected chi connectivity index (χ4v) is 5.87. The van der Waals surface area contributed by atoms with Crippen molar-refractivity contribution < 1.29 is 24.2 Å². The number of aryl methyl sites for hydroxylation is 1. The van der Waals surface area contributed by atoms with E-state index in [-0.39, 0.29) is 17.5 Å². The number of methoxy groups -OCH3 is 1. The van der Waals surface area contributed by atoms with Gasteiger partial charge < -0.3 is 14.4 Å². The highest BCUT2D eigenvalue weighted by molar-refractivity contribution is 7.12. The topological polar surface area (TPSA) is 123 Å². The molecule has 1 aliphatic carbocycles. The van der Waals surface area contributed by atoms with Crippen LogP contribution in [0.25, 0.3) is 22.4 Å². The van der Waals surface area contributed by atoms with Crippen molar-refractivity contribution in [2.45, 2.75) is 45.1 Å². The van der Waals surface area contributed by atoms with E-state index >= 15 is 0 Å². The van der Waals surface area contributed by atoms with E-state index in [1.165, 1.54) is 24.9 Å². The fraction of sp³-hybridized carbons (Fsp3) is 0.286. The van der Waals surface area contributed by atoms with Crippen LogP contribution >= 0.6 is 11.3 Å². The SMILES string of the molecule is COC(=O)c1scc(C)c1NNC(=O)c1ccc(-c2nc3cc(C(=O)O)ccc3n2C2CCCCC2)cc1. The number of fused-ring (bicyclic) bond motifs is 1. The number of aromatic nitrogens is 2. The van der Waals surface area contributed by atoms with Crippen molar-refractivity contribution >= 4 is 45.9 Å². The first-order valence-electron chi connectivity index (χ1n) is 12.5. The third kappa shape index (κ3) is 4.87. The predicted molar refractivity (Wildman–Crippen MR) is 146 cm³/mol. The summed E-state index contributed by atoms with van der Waals surface area (Å²) in [4.78, 5) is 41.6. The number of hydrazine groups is 1. The summed E-state index contributed by atoms with van der Waals surface area (Å²) in [5.74, 6) is -1.05. The molecule has 0 bridgehead atoms. The Morgan fingerprint density at radius 1 is 1.05 bits per heavy atom. The van der Waals surface area contributed by atoms with E-state index in [1.54, 1.807) is 24.3 Å². The largest absolute Gasteiger partial charge is 0.478 e. The van der Waals surface area contributed by atoms with Crippen molar-refractivity contribution in [3.05, 3.63) is 69.4 Å². The number of hydrogen-bond donors (Lipinski definition) is 3. The van der Waals surface area contributed by atoms with Gasteiger partial charge in [-0.1, -0.05) is 31.4 Å². The van der Waals surface area contributed by atoms with Crippen molar-refractivity contribution in [3.8, 4) is 11.4 Å². The molecule has 0 saturated heterocycles. The second-order valence-electron chi connectivity index (χ2n) is 9.38. The van der Waals surface area contributed by atoms with Gasteiger partial charge in [-0.05, 0) is 61.0 Å². The van der Waals surface area contributed by atoms with E-state index in [0.717, 1.165) is 48.2 Å². The number of carboxylic acids is 1. The fourth-order valence-electron chi connectivity index (χ4n) is 4.95. The standard InChI is InChI=1S/C28H28N4O5S/c1-16-15-38-24(28(36)37-2)23(16)30-31-26(33)18-10-8-17(9-11-18)25-29-21-14-19(27(34)35)12-13-22(21)32(25)20-6-4-3-5-7-20/h8-15,20,30H,3-7H2,1-2H3,(H,31,33)(H,34,35). The number of esters is 1. The van der Waals surface area contributed by atoms with Gasteiger partial charge in [0.15, 0.2) is 0 Å². The summed E-state index contributed by atoms with van der Waals surface area (Å²) in [6.45, 7) is 1.84. The van der Waals surface area contributed by atoms with E-state index in [0.29, 0.717) is 21.6 Å². The number of aromatic carboxylic acids is 1. The van der Waals surface area contributed by atoms with Crippen molar-refractivity contribution in [2.24, 2.45) is 0 Å². The predicted octanol–water partition coefficient (Wildman–Crippen LogP) is 5.82. The van der Waals surface area contributed by atoms with Crippen LogP contribution < -0.4 is 10.9 Å². The first-order chi connectivity index (χ1) is 18.4. The summed E-state index contributed by atoms with van der Waals surface area (Å²) in [7, 11) is 1.31. The number of ether oxygens (including phenoxy) is 1. The molecule has 0 aliphatic heterocycles. The van der Waals surface area contributed by atoms with E-state index in [9.17, 15) is 19.5 Å². The number of amides is 1. The van der Waals surface area contributed by atoms with Crippen LogP contribution in [0.3, 0.4) is 0 Å². The lowest BCUT2D eigenvalue weighted by molar-refractivity contribution is 0.0605. The molecule has 1 amide bonds. The second kappa shape index (κ2) is 10.7. The summed E-state index contributed by atoms with van der Waals surface area (Å²) >= 11 is 1.24. The van der Waals surface area contributed by atoms with Gasteiger partial charge in [0.25, 0.3) is 5.91 Å². The lowest BCUT2D eigenvalue weighted by atomic mass is 9.94. The molecule has 3 N–H and O–H groups in total. The highest BCUT2D eigenvalue weighted by Gasteiger charge is 2.23. The normalized spacial score (nSPS) is 13.8. The van der Waals surface area contributed by atoms with Gasteiger partial charge in [-0.15, -0.1) is 11.3 Å². The molecule has 1 saturated carbocycles. The number of carboxylic acid groups (broad SMARTS) is 1. The smallest absolute Gasteiger partial charge is 0.350 e. The maximum absolute atomic E-state index is 12.8. The molecule has 9 nitrogen and oxygen atoms in total. The van der Waals surface area contributed by atoms with Crippen LogP contribution in [0, 0.1) is 6.92 Å². The van der Waals surface area contributed by atoms with Gasteiger partial charge >= 0.3 is 11.9 Å². The first-order valence-corrected chi connectivity index (χ1v) is 13.3. The molecule has 2 aromatic heterocycles. The molecule has 0 spiro atoms. The number of carbonyl (C=O) groups excluding carboxylic acids is 2. The Labute approximate surface area is 223 Å². The summed E-state index contributed by atoms with van der Waals surface area (Å²) in [6.07, 6.45) is 5.59. The molecule has 196 valence electrons. The molecule has 1 aliphatic rings. The average Bonchev–Trinajstić information content (AvgIpc) is 3.51. The number of nitrogens with one attached hydrogen (secondary N) is 2. The highest BCUT2D eigenvalue weighted by atomic mass is 32.1. The average molecular weight is 533 g/mol. The van der Waals surface area contributed by atoms with Crippen LogP contribution in [0.4, 0.5) is 5.69 Å². The number of imidazole rings is 1. The summed E-state index contributed by atoms with van der Waals surface area (Å²) in [6, 6.07) is 12.5. The summed E-state index contributed by atoms with van der Waals surface area (Å²) in [5.41, 5.74) is 9.87. The van der Waals surface area contributed by atoms with Crippen LogP contribution in [0.15, 0.2) is 47.8 Å². The molecule has 2 aromatic carbocycles. The van der Waals surface area contributed by atoms with Crippen LogP contribution in [0.5, 0.6) is 0 Å². The third-order valence-electron chi connectivity index (χ3n) is 6.93. The minimum Gasteiger partial charge on any atom is -0.478 e. The highest BCUT2D eigenvalue weighted by Crippen LogP contribution is 2.36. The Morgan fingerprint density at radius 3 is 2.45 bits per heavy atom. The quantitative estimate of drug-likeness (QED) is 0.202. The lowest BCUT2D eigenvalue weighted by Crippen LogP contribution is -2.30. The van der Waals surface area contributed by atoms with Gasteiger partial charge in [0.05, 0.1) is 29.4 Å². The Morgan fingerprint density at radius 2 is 1.76 bits per heavy atom. The number of hydrogen-bond acceptors (Lipinski definition) is 7. The van der Waals surface area contributed by atoms with E-state index < -0.39 is 11.9 Å². The zero-order valence-corrected chi connectivity index (χ0v) is 21.9. The summed E-state index contributed by atoms with van der Waals surface area (Å²) < 4.78 is 7.04. The molecule has 0 radical (unpaired) electrons. The molecular weight excluding hydrogens is 504 g/mol. The van der Waals surface area contributed by atoms with Crippen molar-refractivity contribution in [2.75, 3.05) is 12.5 Å². The lowest BCUT2D eigenvalue weighted by Gasteiger charge is -2.25. The Kier molecular flexibility index (Phi) is 7.15. The molecule has 10 heteroatoms. The molecule has 0 atom stereocenters. The van der Waals surface area contributed by atoms with Crippen LogP contribution in [-0.4, -0.2) is 39.6 Å². The van der Waals surface area contributed by atoms with Gasteiger partial charge in [0.2, 0.25) is 0 Å².